The Bertz CT molecular complexity index is 443. The van der Waals surface area contributed by atoms with Gasteiger partial charge in [0.25, 0.3) is 0 Å². The first-order chi connectivity index (χ1) is 9.41. The maximum absolute atomic E-state index is 12.7. The van der Waals surface area contributed by atoms with Crippen LogP contribution in [0.25, 0.3) is 0 Å². The third-order valence-electron chi connectivity index (χ3n) is 3.09. The quantitative estimate of drug-likeness (QED) is 0.763. The molecule has 1 rings (SSSR count). The van der Waals surface area contributed by atoms with Crippen LogP contribution in [0.3, 0.4) is 0 Å². The SMILES string of the molecule is CC(C)CC[C@@H](N)c1cc(C(F)(F)F)cc(C(F)(F)F)c1. The predicted octanol–water partition coefficient (Wildman–Crippen LogP) is 5.16. The van der Waals surface area contributed by atoms with Gasteiger partial charge in [-0.25, -0.2) is 0 Å². The summed E-state index contributed by atoms with van der Waals surface area (Å²) >= 11 is 0. The fraction of sp³-hybridized carbons (Fsp3) is 0.571. The molecule has 0 saturated heterocycles. The molecular weight excluding hydrogens is 296 g/mol. The van der Waals surface area contributed by atoms with Gasteiger partial charge >= 0.3 is 12.4 Å². The molecule has 1 atom stereocenters. The molecule has 0 saturated carbocycles. The first-order valence-electron chi connectivity index (χ1n) is 6.46. The Morgan fingerprint density at radius 1 is 0.857 bits per heavy atom. The minimum atomic E-state index is -4.84. The van der Waals surface area contributed by atoms with Gasteiger partial charge in [0.1, 0.15) is 0 Å². The molecule has 2 N–H and O–H groups in total. The number of nitrogens with two attached hydrogens (primary N) is 1. The topological polar surface area (TPSA) is 26.0 Å². The Hall–Kier alpha value is -1.24. The molecule has 0 bridgehead atoms. The summed E-state index contributed by atoms with van der Waals surface area (Å²) in [7, 11) is 0. The smallest absolute Gasteiger partial charge is 0.324 e. The summed E-state index contributed by atoms with van der Waals surface area (Å²) in [5, 5.41) is 0. The van der Waals surface area contributed by atoms with Crippen molar-refractivity contribution in [2.45, 2.75) is 45.1 Å². The van der Waals surface area contributed by atoms with E-state index in [1.165, 1.54) is 0 Å². The van der Waals surface area contributed by atoms with Crippen molar-refractivity contribution in [2.75, 3.05) is 0 Å². The fourth-order valence-corrected chi connectivity index (χ4v) is 1.87. The Kier molecular flexibility index (Phi) is 5.30. The lowest BCUT2D eigenvalue weighted by Gasteiger charge is -2.18. The second kappa shape index (κ2) is 6.25. The monoisotopic (exact) mass is 313 g/mol. The highest BCUT2D eigenvalue weighted by molar-refractivity contribution is 5.35. The third kappa shape index (κ3) is 5.22. The zero-order valence-corrected chi connectivity index (χ0v) is 11.6. The first-order valence-corrected chi connectivity index (χ1v) is 6.46. The Morgan fingerprint density at radius 3 is 1.62 bits per heavy atom. The average molecular weight is 313 g/mol. The van der Waals surface area contributed by atoms with E-state index in [1.54, 1.807) is 0 Å². The normalized spacial score (nSPS) is 14.6. The van der Waals surface area contributed by atoms with Crippen molar-refractivity contribution in [1.29, 1.82) is 0 Å². The molecule has 0 aliphatic carbocycles. The molecule has 0 aliphatic rings. The van der Waals surface area contributed by atoms with Gasteiger partial charge in [-0.2, -0.15) is 26.3 Å². The molecule has 7 heteroatoms. The standard InChI is InChI=1S/C14H17F6N/c1-8(2)3-4-12(21)9-5-10(13(15,16)17)7-11(6-9)14(18,19)20/h5-8,12H,3-4,21H2,1-2H3/t12-/m1/s1. The van der Waals surface area contributed by atoms with E-state index >= 15 is 0 Å². The van der Waals surface area contributed by atoms with Gasteiger partial charge in [0.05, 0.1) is 11.1 Å². The van der Waals surface area contributed by atoms with E-state index in [9.17, 15) is 26.3 Å². The molecule has 0 aliphatic heterocycles. The van der Waals surface area contributed by atoms with Gasteiger partial charge in [0, 0.05) is 6.04 Å². The van der Waals surface area contributed by atoms with Crippen LogP contribution < -0.4 is 5.73 Å². The van der Waals surface area contributed by atoms with Crippen molar-refractivity contribution in [3.63, 3.8) is 0 Å². The van der Waals surface area contributed by atoms with E-state index in [0.717, 1.165) is 0 Å². The maximum Gasteiger partial charge on any atom is 0.416 e. The summed E-state index contributed by atoms with van der Waals surface area (Å²) in [5.74, 6) is 0.268. The van der Waals surface area contributed by atoms with Crippen molar-refractivity contribution in [1.82, 2.24) is 0 Å². The van der Waals surface area contributed by atoms with Crippen molar-refractivity contribution >= 4 is 0 Å². The summed E-state index contributed by atoms with van der Waals surface area (Å²) in [4.78, 5) is 0. The number of alkyl halides is 6. The van der Waals surface area contributed by atoms with E-state index in [4.69, 9.17) is 5.73 Å². The van der Waals surface area contributed by atoms with Crippen LogP contribution in [-0.2, 0) is 12.4 Å². The molecular formula is C14H17F6N. The molecule has 0 radical (unpaired) electrons. The fourth-order valence-electron chi connectivity index (χ4n) is 1.87. The van der Waals surface area contributed by atoms with E-state index < -0.39 is 29.5 Å². The largest absolute Gasteiger partial charge is 0.416 e. The minimum Gasteiger partial charge on any atom is -0.324 e. The summed E-state index contributed by atoms with van der Waals surface area (Å²) < 4.78 is 76.2. The second-order valence-corrected chi connectivity index (χ2v) is 5.42. The molecule has 1 aromatic carbocycles. The molecule has 0 aromatic heterocycles. The van der Waals surface area contributed by atoms with Gasteiger partial charge in [0.15, 0.2) is 0 Å². The number of halogens is 6. The lowest BCUT2D eigenvalue weighted by molar-refractivity contribution is -0.143. The second-order valence-electron chi connectivity index (χ2n) is 5.42. The van der Waals surface area contributed by atoms with Crippen molar-refractivity contribution in [3.8, 4) is 0 Å². The van der Waals surface area contributed by atoms with E-state index in [2.05, 4.69) is 0 Å². The maximum atomic E-state index is 12.7. The number of benzene rings is 1. The highest BCUT2D eigenvalue weighted by Crippen LogP contribution is 2.37. The van der Waals surface area contributed by atoms with Gasteiger partial charge in [0.2, 0.25) is 0 Å². The lowest BCUT2D eigenvalue weighted by atomic mass is 9.95. The molecule has 21 heavy (non-hydrogen) atoms. The average Bonchev–Trinajstić information content (AvgIpc) is 2.33. The van der Waals surface area contributed by atoms with Gasteiger partial charge in [-0.1, -0.05) is 13.8 Å². The first kappa shape index (κ1) is 17.8. The van der Waals surface area contributed by atoms with Gasteiger partial charge in [-0.3, -0.25) is 0 Å². The van der Waals surface area contributed by atoms with Crippen LogP contribution in [0.1, 0.15) is 49.4 Å². The highest BCUT2D eigenvalue weighted by Gasteiger charge is 2.37. The number of rotatable bonds is 4. The summed E-state index contributed by atoms with van der Waals surface area (Å²) in [6, 6.07) is 0.648. The van der Waals surface area contributed by atoms with E-state index in [0.29, 0.717) is 25.0 Å². The van der Waals surface area contributed by atoms with Crippen LogP contribution in [0.5, 0.6) is 0 Å². The summed E-state index contributed by atoms with van der Waals surface area (Å²) in [6.45, 7) is 3.81. The molecule has 1 nitrogen and oxygen atoms in total. The van der Waals surface area contributed by atoms with Crippen molar-refractivity contribution in [3.05, 3.63) is 34.9 Å². The minimum absolute atomic E-state index is 0.110. The molecule has 0 unspecified atom stereocenters. The van der Waals surface area contributed by atoms with Crippen LogP contribution in [0.2, 0.25) is 0 Å². The number of hydrogen-bond donors (Lipinski definition) is 1. The predicted molar refractivity (Wildman–Crippen MR) is 67.4 cm³/mol. The lowest BCUT2D eigenvalue weighted by Crippen LogP contribution is -2.16. The summed E-state index contributed by atoms with van der Waals surface area (Å²) in [6.07, 6.45) is -8.73. The van der Waals surface area contributed by atoms with E-state index in [1.807, 2.05) is 13.8 Å². The Morgan fingerprint density at radius 2 is 1.29 bits per heavy atom. The summed E-state index contributed by atoms with van der Waals surface area (Å²) in [5.41, 5.74) is 2.94. The van der Waals surface area contributed by atoms with Crippen LogP contribution in [-0.4, -0.2) is 0 Å². The highest BCUT2D eigenvalue weighted by atomic mass is 19.4. The number of hydrogen-bond acceptors (Lipinski definition) is 1. The van der Waals surface area contributed by atoms with Crippen LogP contribution in [0.4, 0.5) is 26.3 Å². The molecule has 0 heterocycles. The van der Waals surface area contributed by atoms with Crippen molar-refractivity contribution < 1.29 is 26.3 Å². The zero-order valence-electron chi connectivity index (χ0n) is 11.6. The molecule has 0 fully saturated rings. The Balaban J connectivity index is 3.19. The van der Waals surface area contributed by atoms with Crippen molar-refractivity contribution in [2.24, 2.45) is 11.7 Å². The molecule has 1 aromatic rings. The van der Waals surface area contributed by atoms with Gasteiger partial charge < -0.3 is 5.73 Å². The van der Waals surface area contributed by atoms with E-state index in [-0.39, 0.29) is 17.5 Å². The molecule has 0 amide bonds. The van der Waals surface area contributed by atoms with Gasteiger partial charge in [-0.05, 0) is 42.5 Å². The van der Waals surface area contributed by atoms with Crippen LogP contribution in [0.15, 0.2) is 18.2 Å². The molecule has 120 valence electrons. The third-order valence-corrected chi connectivity index (χ3v) is 3.09. The zero-order chi connectivity index (χ0) is 16.4. The van der Waals surface area contributed by atoms with Crippen LogP contribution in [0, 0.1) is 5.92 Å². The van der Waals surface area contributed by atoms with Crippen LogP contribution >= 0.6 is 0 Å². The van der Waals surface area contributed by atoms with Gasteiger partial charge in [-0.15, -0.1) is 0 Å². The Labute approximate surface area is 119 Å². The molecule has 0 spiro atoms.